The summed E-state index contributed by atoms with van der Waals surface area (Å²) in [5, 5.41) is 2.66. The average Bonchev–Trinajstić information content (AvgIpc) is 2.49. The van der Waals surface area contributed by atoms with Gasteiger partial charge in [-0.1, -0.05) is 12.1 Å². The summed E-state index contributed by atoms with van der Waals surface area (Å²) in [6.45, 7) is 3.36. The van der Waals surface area contributed by atoms with Gasteiger partial charge in [0, 0.05) is 10.2 Å². The van der Waals surface area contributed by atoms with Crippen molar-refractivity contribution in [2.24, 2.45) is 0 Å². The molecule has 0 radical (unpaired) electrons. The molecule has 6 heteroatoms. The SMILES string of the molecule is Cc1cccc(NC(=O)[C@@H](C)OC(=O)c2cc(F)ccc2Br)c1. The predicted molar refractivity (Wildman–Crippen MR) is 88.8 cm³/mol. The molecule has 0 aromatic heterocycles. The van der Waals surface area contributed by atoms with Crippen LogP contribution in [0.2, 0.25) is 0 Å². The lowest BCUT2D eigenvalue weighted by Crippen LogP contribution is -2.30. The lowest BCUT2D eigenvalue weighted by Gasteiger charge is -2.14. The highest BCUT2D eigenvalue weighted by molar-refractivity contribution is 9.10. The first-order valence-electron chi connectivity index (χ1n) is 6.90. The number of ether oxygens (including phenoxy) is 1. The number of benzene rings is 2. The van der Waals surface area contributed by atoms with Crippen molar-refractivity contribution in [3.05, 3.63) is 63.9 Å². The number of nitrogens with one attached hydrogen (secondary N) is 1. The number of halogens is 2. The van der Waals surface area contributed by atoms with E-state index in [0.29, 0.717) is 10.2 Å². The van der Waals surface area contributed by atoms with Gasteiger partial charge in [-0.2, -0.15) is 0 Å². The van der Waals surface area contributed by atoms with Crippen LogP contribution in [0, 0.1) is 12.7 Å². The number of hydrogen-bond acceptors (Lipinski definition) is 3. The van der Waals surface area contributed by atoms with Gasteiger partial charge in [0.15, 0.2) is 6.10 Å². The smallest absolute Gasteiger partial charge is 0.340 e. The van der Waals surface area contributed by atoms with Crippen LogP contribution in [0.25, 0.3) is 0 Å². The van der Waals surface area contributed by atoms with E-state index in [4.69, 9.17) is 4.74 Å². The molecule has 2 rings (SSSR count). The minimum atomic E-state index is -1.02. The summed E-state index contributed by atoms with van der Waals surface area (Å²) in [5.74, 6) is -1.79. The fraction of sp³-hybridized carbons (Fsp3) is 0.176. The summed E-state index contributed by atoms with van der Waals surface area (Å²) in [5.41, 5.74) is 1.64. The number of anilines is 1. The van der Waals surface area contributed by atoms with E-state index in [1.165, 1.54) is 19.1 Å². The van der Waals surface area contributed by atoms with Crippen molar-refractivity contribution in [2.75, 3.05) is 5.32 Å². The van der Waals surface area contributed by atoms with Crippen LogP contribution in [0.5, 0.6) is 0 Å². The molecule has 23 heavy (non-hydrogen) atoms. The standard InChI is InChI=1S/C17H15BrFNO3/c1-10-4-3-5-13(8-10)20-16(21)11(2)23-17(22)14-9-12(19)6-7-15(14)18/h3-9,11H,1-2H3,(H,20,21)/t11-/m1/s1. The van der Waals surface area contributed by atoms with Gasteiger partial charge in [-0.25, -0.2) is 9.18 Å². The van der Waals surface area contributed by atoms with Crippen molar-refractivity contribution in [1.29, 1.82) is 0 Å². The molecule has 0 aliphatic carbocycles. The number of rotatable bonds is 4. The number of esters is 1. The molecule has 0 saturated heterocycles. The summed E-state index contributed by atoms with van der Waals surface area (Å²) in [6, 6.07) is 10.9. The molecular formula is C17H15BrFNO3. The summed E-state index contributed by atoms with van der Waals surface area (Å²) >= 11 is 3.15. The fourth-order valence-corrected chi connectivity index (χ4v) is 2.31. The number of carbonyl (C=O) groups excluding carboxylic acids is 2. The van der Waals surface area contributed by atoms with E-state index in [1.807, 2.05) is 19.1 Å². The highest BCUT2D eigenvalue weighted by Gasteiger charge is 2.21. The van der Waals surface area contributed by atoms with Gasteiger partial charge in [0.05, 0.1) is 5.56 Å². The normalized spacial score (nSPS) is 11.7. The summed E-state index contributed by atoms with van der Waals surface area (Å²) in [7, 11) is 0. The Morgan fingerprint density at radius 2 is 1.96 bits per heavy atom. The quantitative estimate of drug-likeness (QED) is 0.814. The minimum absolute atomic E-state index is 0.0280. The van der Waals surface area contributed by atoms with E-state index in [9.17, 15) is 14.0 Å². The Morgan fingerprint density at radius 1 is 1.22 bits per heavy atom. The van der Waals surface area contributed by atoms with Crippen LogP contribution in [-0.4, -0.2) is 18.0 Å². The van der Waals surface area contributed by atoms with Gasteiger partial charge >= 0.3 is 5.97 Å². The Hall–Kier alpha value is -2.21. The first-order valence-corrected chi connectivity index (χ1v) is 7.69. The van der Waals surface area contributed by atoms with Crippen LogP contribution in [0.4, 0.5) is 10.1 Å². The number of hydrogen-bond donors (Lipinski definition) is 1. The molecule has 1 atom stereocenters. The van der Waals surface area contributed by atoms with Crippen molar-refractivity contribution < 1.29 is 18.7 Å². The van der Waals surface area contributed by atoms with E-state index in [1.54, 1.807) is 12.1 Å². The Morgan fingerprint density at radius 3 is 2.65 bits per heavy atom. The van der Waals surface area contributed by atoms with E-state index >= 15 is 0 Å². The van der Waals surface area contributed by atoms with E-state index in [-0.39, 0.29) is 5.56 Å². The summed E-state index contributed by atoms with van der Waals surface area (Å²) < 4.78 is 18.7. The molecule has 1 amide bonds. The molecule has 1 N–H and O–H groups in total. The zero-order valence-corrected chi connectivity index (χ0v) is 14.2. The number of amides is 1. The molecule has 0 heterocycles. The third kappa shape index (κ3) is 4.63. The Bertz CT molecular complexity index is 748. The molecule has 120 valence electrons. The zero-order valence-electron chi connectivity index (χ0n) is 12.6. The van der Waals surface area contributed by atoms with Crippen LogP contribution in [0.15, 0.2) is 46.9 Å². The second-order valence-electron chi connectivity index (χ2n) is 5.03. The van der Waals surface area contributed by atoms with Crippen LogP contribution < -0.4 is 5.32 Å². The van der Waals surface area contributed by atoms with Gasteiger partial charge in [-0.15, -0.1) is 0 Å². The van der Waals surface area contributed by atoms with E-state index < -0.39 is 23.8 Å². The van der Waals surface area contributed by atoms with Crippen molar-refractivity contribution in [3.63, 3.8) is 0 Å². The van der Waals surface area contributed by atoms with Crippen LogP contribution in [0.3, 0.4) is 0 Å². The van der Waals surface area contributed by atoms with Gasteiger partial charge in [0.2, 0.25) is 0 Å². The van der Waals surface area contributed by atoms with Gasteiger partial charge in [0.1, 0.15) is 5.82 Å². The molecule has 0 unspecified atom stereocenters. The molecule has 2 aromatic carbocycles. The Labute approximate surface area is 141 Å². The van der Waals surface area contributed by atoms with Crippen molar-refractivity contribution >= 4 is 33.5 Å². The second kappa shape index (κ2) is 7.37. The maximum Gasteiger partial charge on any atom is 0.340 e. The molecular weight excluding hydrogens is 365 g/mol. The highest BCUT2D eigenvalue weighted by Crippen LogP contribution is 2.19. The zero-order chi connectivity index (χ0) is 17.0. The monoisotopic (exact) mass is 379 g/mol. The van der Waals surface area contributed by atoms with Crippen molar-refractivity contribution in [3.8, 4) is 0 Å². The van der Waals surface area contributed by atoms with Crippen LogP contribution in [0.1, 0.15) is 22.8 Å². The first-order chi connectivity index (χ1) is 10.9. The Balaban J connectivity index is 2.03. The average molecular weight is 380 g/mol. The summed E-state index contributed by atoms with van der Waals surface area (Å²) in [4.78, 5) is 24.1. The highest BCUT2D eigenvalue weighted by atomic mass is 79.9. The fourth-order valence-electron chi connectivity index (χ4n) is 1.90. The van der Waals surface area contributed by atoms with Gasteiger partial charge in [-0.3, -0.25) is 4.79 Å². The molecule has 0 bridgehead atoms. The van der Waals surface area contributed by atoms with Crippen molar-refractivity contribution in [1.82, 2.24) is 0 Å². The molecule has 2 aromatic rings. The molecule has 0 fully saturated rings. The molecule has 0 aliphatic heterocycles. The predicted octanol–water partition coefficient (Wildman–Crippen LogP) is 4.08. The molecule has 0 aliphatic rings. The van der Waals surface area contributed by atoms with Gasteiger partial charge in [0.25, 0.3) is 5.91 Å². The maximum atomic E-state index is 13.2. The summed E-state index contributed by atoms with van der Waals surface area (Å²) in [6.07, 6.45) is -1.02. The molecule has 4 nitrogen and oxygen atoms in total. The third-order valence-electron chi connectivity index (χ3n) is 3.09. The third-order valence-corrected chi connectivity index (χ3v) is 3.78. The van der Waals surface area contributed by atoms with E-state index in [2.05, 4.69) is 21.2 Å². The molecule has 0 saturated carbocycles. The number of carbonyl (C=O) groups is 2. The maximum absolute atomic E-state index is 13.2. The van der Waals surface area contributed by atoms with E-state index in [0.717, 1.165) is 11.6 Å². The second-order valence-corrected chi connectivity index (χ2v) is 5.88. The van der Waals surface area contributed by atoms with Gasteiger partial charge < -0.3 is 10.1 Å². The molecule has 0 spiro atoms. The number of aryl methyl sites for hydroxylation is 1. The largest absolute Gasteiger partial charge is 0.449 e. The van der Waals surface area contributed by atoms with Crippen molar-refractivity contribution in [2.45, 2.75) is 20.0 Å². The lowest BCUT2D eigenvalue weighted by molar-refractivity contribution is -0.123. The Kier molecular flexibility index (Phi) is 5.50. The topological polar surface area (TPSA) is 55.4 Å². The van der Waals surface area contributed by atoms with Crippen LogP contribution in [-0.2, 0) is 9.53 Å². The lowest BCUT2D eigenvalue weighted by atomic mass is 10.2. The first kappa shape index (κ1) is 17.1. The van der Waals surface area contributed by atoms with Gasteiger partial charge in [-0.05, 0) is 65.7 Å². The minimum Gasteiger partial charge on any atom is -0.449 e. The van der Waals surface area contributed by atoms with Crippen LogP contribution >= 0.6 is 15.9 Å².